The number of benzene rings is 1. The molecule has 0 fully saturated rings. The largest absolute Gasteiger partial charge is 0.474 e. The van der Waals surface area contributed by atoms with Crippen LogP contribution in [0.15, 0.2) is 43.0 Å². The summed E-state index contributed by atoms with van der Waals surface area (Å²) in [6.07, 6.45) is -0.448. The van der Waals surface area contributed by atoms with Crippen molar-refractivity contribution < 1.29 is 27.1 Å². The molecule has 0 bridgehead atoms. The van der Waals surface area contributed by atoms with Crippen LogP contribution in [0.1, 0.15) is 29.9 Å². The quantitative estimate of drug-likeness (QED) is 0.527. The standard InChI is InChI=1S/C19H18F4N6O2/c1-3-28(12(2)11-31-16-10-24-15(9-25-16)19(21,22)23)18(30)13-5-4-6-14(20)17(13)29-26-7-8-27-29/h4-10,12H,3,11H2,1-2H3/t12-/m0/s1. The SMILES string of the molecule is CCN(C(=O)c1cccc(F)c1-n1nccn1)[C@@H](C)COc1cnc(C(F)(F)F)cn1. The van der Waals surface area contributed by atoms with E-state index >= 15 is 0 Å². The molecule has 164 valence electrons. The van der Waals surface area contributed by atoms with Crippen molar-refractivity contribution in [2.45, 2.75) is 26.1 Å². The molecule has 0 aliphatic carbocycles. The Bertz CT molecular complexity index is 1020. The first kappa shape index (κ1) is 22.1. The zero-order chi connectivity index (χ0) is 22.6. The van der Waals surface area contributed by atoms with E-state index in [9.17, 15) is 22.4 Å². The number of carbonyl (C=O) groups excluding carboxylic acids is 1. The minimum absolute atomic E-state index is 0.0548. The molecule has 1 amide bonds. The molecule has 2 heterocycles. The van der Waals surface area contributed by atoms with E-state index in [2.05, 4.69) is 20.2 Å². The number of rotatable bonds is 7. The molecular weight excluding hydrogens is 420 g/mol. The Balaban J connectivity index is 1.75. The van der Waals surface area contributed by atoms with E-state index in [0.29, 0.717) is 6.20 Å². The number of alkyl halides is 3. The highest BCUT2D eigenvalue weighted by molar-refractivity contribution is 5.98. The second-order valence-electron chi connectivity index (χ2n) is 6.44. The summed E-state index contributed by atoms with van der Waals surface area (Å²) in [5.41, 5.74) is -1.17. The van der Waals surface area contributed by atoms with Gasteiger partial charge < -0.3 is 9.64 Å². The van der Waals surface area contributed by atoms with Gasteiger partial charge in [0.1, 0.15) is 12.3 Å². The van der Waals surface area contributed by atoms with Gasteiger partial charge in [0, 0.05) is 6.54 Å². The first-order valence-corrected chi connectivity index (χ1v) is 9.20. The van der Waals surface area contributed by atoms with Crippen LogP contribution in [0, 0.1) is 5.82 Å². The van der Waals surface area contributed by atoms with Gasteiger partial charge >= 0.3 is 6.18 Å². The third-order valence-electron chi connectivity index (χ3n) is 4.36. The van der Waals surface area contributed by atoms with E-state index in [4.69, 9.17) is 4.74 Å². The van der Waals surface area contributed by atoms with E-state index in [0.717, 1.165) is 11.0 Å². The minimum Gasteiger partial charge on any atom is -0.474 e. The smallest absolute Gasteiger partial charge is 0.434 e. The normalized spacial score (nSPS) is 12.5. The average molecular weight is 438 g/mol. The number of likely N-dealkylation sites (N-methyl/N-ethyl adjacent to an activating group) is 1. The van der Waals surface area contributed by atoms with E-state index < -0.39 is 29.6 Å². The van der Waals surface area contributed by atoms with Crippen molar-refractivity contribution >= 4 is 5.91 Å². The summed E-state index contributed by atoms with van der Waals surface area (Å²) in [5, 5.41) is 7.79. The Morgan fingerprint density at radius 3 is 2.48 bits per heavy atom. The van der Waals surface area contributed by atoms with Crippen LogP contribution < -0.4 is 4.74 Å². The lowest BCUT2D eigenvalue weighted by Crippen LogP contribution is -2.42. The van der Waals surface area contributed by atoms with Crippen LogP contribution >= 0.6 is 0 Å². The summed E-state index contributed by atoms with van der Waals surface area (Å²) in [4.78, 5) is 22.4. The molecule has 12 heteroatoms. The maximum Gasteiger partial charge on any atom is 0.434 e. The number of hydrogen-bond acceptors (Lipinski definition) is 6. The molecule has 1 aromatic carbocycles. The lowest BCUT2D eigenvalue weighted by Gasteiger charge is -2.28. The summed E-state index contributed by atoms with van der Waals surface area (Å²) < 4.78 is 57.5. The summed E-state index contributed by atoms with van der Waals surface area (Å²) >= 11 is 0. The number of carbonyl (C=O) groups is 1. The number of halogens is 4. The van der Waals surface area contributed by atoms with Crippen molar-refractivity contribution in [3.05, 3.63) is 60.1 Å². The molecule has 0 saturated heterocycles. The molecule has 0 unspecified atom stereocenters. The maximum absolute atomic E-state index is 14.4. The summed E-state index contributed by atoms with van der Waals surface area (Å²) in [5.74, 6) is -1.26. The number of aromatic nitrogens is 5. The van der Waals surface area contributed by atoms with Gasteiger partial charge in [0.25, 0.3) is 5.91 Å². The molecule has 8 nitrogen and oxygen atoms in total. The third-order valence-corrected chi connectivity index (χ3v) is 4.36. The van der Waals surface area contributed by atoms with Crippen molar-refractivity contribution in [1.82, 2.24) is 29.9 Å². The molecule has 0 N–H and O–H groups in total. The van der Waals surface area contributed by atoms with Gasteiger partial charge in [-0.25, -0.2) is 14.4 Å². The molecule has 2 aromatic heterocycles. The summed E-state index contributed by atoms with van der Waals surface area (Å²) in [6, 6.07) is 3.55. The molecular formula is C19H18F4N6O2. The van der Waals surface area contributed by atoms with E-state index in [-0.39, 0.29) is 30.3 Å². The van der Waals surface area contributed by atoms with Gasteiger partial charge in [-0.1, -0.05) is 6.07 Å². The maximum atomic E-state index is 14.4. The van der Waals surface area contributed by atoms with Gasteiger partial charge in [0.15, 0.2) is 11.5 Å². The van der Waals surface area contributed by atoms with Crippen LogP contribution in [0.4, 0.5) is 17.6 Å². The van der Waals surface area contributed by atoms with Crippen molar-refractivity contribution in [2.24, 2.45) is 0 Å². The number of para-hydroxylation sites is 1. The Morgan fingerprint density at radius 1 is 1.19 bits per heavy atom. The fourth-order valence-electron chi connectivity index (χ4n) is 2.87. The highest BCUT2D eigenvalue weighted by Gasteiger charge is 2.33. The molecule has 0 radical (unpaired) electrons. The van der Waals surface area contributed by atoms with Crippen LogP contribution in [0.3, 0.4) is 0 Å². The monoisotopic (exact) mass is 438 g/mol. The molecule has 3 rings (SSSR count). The molecule has 31 heavy (non-hydrogen) atoms. The van der Waals surface area contributed by atoms with E-state index in [1.807, 2.05) is 0 Å². The second-order valence-corrected chi connectivity index (χ2v) is 6.44. The fraction of sp³-hybridized carbons (Fsp3) is 0.316. The van der Waals surface area contributed by atoms with Gasteiger partial charge in [-0.05, 0) is 26.0 Å². The Kier molecular flexibility index (Phi) is 6.47. The third kappa shape index (κ3) is 4.95. The molecule has 0 aliphatic heterocycles. The van der Waals surface area contributed by atoms with Gasteiger partial charge in [-0.15, -0.1) is 4.80 Å². The lowest BCUT2D eigenvalue weighted by molar-refractivity contribution is -0.141. The zero-order valence-electron chi connectivity index (χ0n) is 16.5. The molecule has 3 aromatic rings. The van der Waals surface area contributed by atoms with Crippen LogP contribution in [0.25, 0.3) is 5.69 Å². The predicted octanol–water partition coefficient (Wildman–Crippen LogP) is 3.14. The van der Waals surface area contributed by atoms with Crippen LogP contribution in [0.2, 0.25) is 0 Å². The number of ether oxygens (including phenoxy) is 1. The van der Waals surface area contributed by atoms with Gasteiger partial charge in [-0.3, -0.25) is 4.79 Å². The lowest BCUT2D eigenvalue weighted by atomic mass is 10.1. The Hall–Kier alpha value is -3.57. The predicted molar refractivity (Wildman–Crippen MR) is 100 cm³/mol. The first-order chi connectivity index (χ1) is 14.7. The average Bonchev–Trinajstić information content (AvgIpc) is 3.26. The van der Waals surface area contributed by atoms with Crippen LogP contribution in [-0.4, -0.2) is 55.0 Å². The molecule has 0 spiro atoms. The number of nitrogens with zero attached hydrogens (tertiary/aromatic N) is 6. The molecule has 0 saturated carbocycles. The number of amides is 1. The topological polar surface area (TPSA) is 86.0 Å². The highest BCUT2D eigenvalue weighted by atomic mass is 19.4. The summed E-state index contributed by atoms with van der Waals surface area (Å²) in [6.45, 7) is 3.62. The van der Waals surface area contributed by atoms with Gasteiger partial charge in [0.2, 0.25) is 5.88 Å². The molecule has 0 aliphatic rings. The highest BCUT2D eigenvalue weighted by Crippen LogP contribution is 2.27. The molecule has 1 atom stereocenters. The van der Waals surface area contributed by atoms with Gasteiger partial charge in [-0.2, -0.15) is 23.4 Å². The summed E-state index contributed by atoms with van der Waals surface area (Å²) in [7, 11) is 0. The zero-order valence-corrected chi connectivity index (χ0v) is 16.5. The van der Waals surface area contributed by atoms with Crippen molar-refractivity contribution in [3.63, 3.8) is 0 Å². The Labute approximate surface area is 174 Å². The number of hydrogen-bond donors (Lipinski definition) is 0. The van der Waals surface area contributed by atoms with Crippen molar-refractivity contribution in [2.75, 3.05) is 13.2 Å². The van der Waals surface area contributed by atoms with Gasteiger partial charge in [0.05, 0.1) is 36.4 Å². The fourth-order valence-corrected chi connectivity index (χ4v) is 2.87. The van der Waals surface area contributed by atoms with Crippen molar-refractivity contribution in [1.29, 1.82) is 0 Å². The van der Waals surface area contributed by atoms with E-state index in [1.165, 1.54) is 35.5 Å². The van der Waals surface area contributed by atoms with Crippen LogP contribution in [-0.2, 0) is 6.18 Å². The first-order valence-electron chi connectivity index (χ1n) is 9.20. The van der Waals surface area contributed by atoms with Crippen LogP contribution in [0.5, 0.6) is 5.88 Å². The van der Waals surface area contributed by atoms with E-state index in [1.54, 1.807) is 13.8 Å². The minimum atomic E-state index is -4.60. The second kappa shape index (κ2) is 9.06. The Morgan fingerprint density at radius 2 is 1.90 bits per heavy atom. The van der Waals surface area contributed by atoms with Crippen molar-refractivity contribution in [3.8, 4) is 11.6 Å².